The van der Waals surface area contributed by atoms with Crippen molar-refractivity contribution in [1.29, 1.82) is 0 Å². The summed E-state index contributed by atoms with van der Waals surface area (Å²) in [5.74, 6) is 0. The molecule has 0 aliphatic rings. The Morgan fingerprint density at radius 2 is 2.14 bits per heavy atom. The van der Waals surface area contributed by atoms with E-state index in [2.05, 4.69) is 11.9 Å². The molecule has 80 valence electrons. The predicted octanol–water partition coefficient (Wildman–Crippen LogP) is 2.97. The van der Waals surface area contributed by atoms with Gasteiger partial charge < -0.3 is 10.6 Å². The van der Waals surface area contributed by atoms with Gasteiger partial charge in [-0.15, -0.1) is 11.3 Å². The quantitative estimate of drug-likeness (QED) is 0.865. The van der Waals surface area contributed by atoms with Crippen LogP contribution in [0.15, 0.2) is 12.1 Å². The van der Waals surface area contributed by atoms with E-state index in [9.17, 15) is 0 Å². The predicted molar refractivity (Wildman–Crippen MR) is 65.5 cm³/mol. The van der Waals surface area contributed by atoms with Crippen LogP contribution in [0, 0.1) is 0 Å². The SMILES string of the molecule is CN(CCC(C)(C)N)c1ccc(Cl)s1. The zero-order chi connectivity index (χ0) is 10.8. The lowest BCUT2D eigenvalue weighted by Gasteiger charge is -2.23. The summed E-state index contributed by atoms with van der Waals surface area (Å²) in [6, 6.07) is 3.96. The van der Waals surface area contributed by atoms with Gasteiger partial charge in [0.25, 0.3) is 0 Å². The van der Waals surface area contributed by atoms with Crippen LogP contribution < -0.4 is 10.6 Å². The lowest BCUT2D eigenvalue weighted by molar-refractivity contribution is 0.479. The van der Waals surface area contributed by atoms with Crippen molar-refractivity contribution in [3.05, 3.63) is 16.5 Å². The van der Waals surface area contributed by atoms with Gasteiger partial charge in [0, 0.05) is 19.1 Å². The summed E-state index contributed by atoms with van der Waals surface area (Å²) < 4.78 is 0.832. The van der Waals surface area contributed by atoms with Crippen molar-refractivity contribution in [2.24, 2.45) is 5.73 Å². The molecule has 0 spiro atoms. The van der Waals surface area contributed by atoms with E-state index in [-0.39, 0.29) is 5.54 Å². The van der Waals surface area contributed by atoms with Gasteiger partial charge in [0.1, 0.15) is 0 Å². The third-order valence-corrected chi connectivity index (χ3v) is 3.37. The summed E-state index contributed by atoms with van der Waals surface area (Å²) in [6.45, 7) is 5.05. The van der Waals surface area contributed by atoms with Gasteiger partial charge in [0.05, 0.1) is 9.34 Å². The summed E-state index contributed by atoms with van der Waals surface area (Å²) in [7, 11) is 2.06. The van der Waals surface area contributed by atoms with Crippen LogP contribution in [0.1, 0.15) is 20.3 Å². The Balaban J connectivity index is 2.47. The largest absolute Gasteiger partial charge is 0.366 e. The third-order valence-electron chi connectivity index (χ3n) is 2.03. The van der Waals surface area contributed by atoms with Gasteiger partial charge in [-0.1, -0.05) is 11.6 Å². The second-order valence-corrected chi connectivity index (χ2v) is 5.93. The molecule has 0 aliphatic heterocycles. The highest BCUT2D eigenvalue weighted by Crippen LogP contribution is 2.28. The summed E-state index contributed by atoms with van der Waals surface area (Å²) in [5, 5.41) is 1.19. The smallest absolute Gasteiger partial charge is 0.0950 e. The molecule has 0 bridgehead atoms. The van der Waals surface area contributed by atoms with Crippen LogP contribution in [0.3, 0.4) is 0 Å². The van der Waals surface area contributed by atoms with Crippen LogP contribution >= 0.6 is 22.9 Å². The van der Waals surface area contributed by atoms with Crippen LogP contribution in [0.2, 0.25) is 4.34 Å². The molecule has 2 nitrogen and oxygen atoms in total. The van der Waals surface area contributed by atoms with Gasteiger partial charge in [0.15, 0.2) is 0 Å². The van der Waals surface area contributed by atoms with Crippen molar-refractivity contribution in [1.82, 2.24) is 0 Å². The molecule has 0 atom stereocenters. The number of nitrogens with zero attached hydrogens (tertiary/aromatic N) is 1. The number of anilines is 1. The summed E-state index contributed by atoms with van der Waals surface area (Å²) in [6.07, 6.45) is 0.971. The van der Waals surface area contributed by atoms with Gasteiger partial charge in [-0.05, 0) is 32.4 Å². The summed E-state index contributed by atoms with van der Waals surface area (Å²) >= 11 is 7.46. The first-order chi connectivity index (χ1) is 6.38. The van der Waals surface area contributed by atoms with Gasteiger partial charge in [-0.3, -0.25) is 0 Å². The van der Waals surface area contributed by atoms with E-state index < -0.39 is 0 Å². The van der Waals surface area contributed by atoms with Crippen molar-refractivity contribution in [3.8, 4) is 0 Å². The molecule has 4 heteroatoms. The molecule has 14 heavy (non-hydrogen) atoms. The van der Waals surface area contributed by atoms with E-state index in [1.807, 2.05) is 26.0 Å². The highest BCUT2D eigenvalue weighted by Gasteiger charge is 2.12. The maximum Gasteiger partial charge on any atom is 0.0950 e. The van der Waals surface area contributed by atoms with Crippen molar-refractivity contribution >= 4 is 27.9 Å². The molecule has 1 aromatic heterocycles. The number of halogens is 1. The number of thiophene rings is 1. The third kappa shape index (κ3) is 3.86. The van der Waals surface area contributed by atoms with Crippen molar-refractivity contribution in [2.75, 3.05) is 18.5 Å². The van der Waals surface area contributed by atoms with Gasteiger partial charge >= 0.3 is 0 Å². The lowest BCUT2D eigenvalue weighted by atomic mass is 10.0. The summed E-state index contributed by atoms with van der Waals surface area (Å²) in [5.41, 5.74) is 5.82. The highest BCUT2D eigenvalue weighted by atomic mass is 35.5. The lowest BCUT2D eigenvalue weighted by Crippen LogP contribution is -2.36. The van der Waals surface area contributed by atoms with E-state index in [1.165, 1.54) is 5.00 Å². The second-order valence-electron chi connectivity index (χ2n) is 4.24. The fourth-order valence-electron chi connectivity index (χ4n) is 1.08. The maximum absolute atomic E-state index is 5.92. The molecule has 0 aromatic carbocycles. The standard InChI is InChI=1S/C10H17ClN2S/c1-10(2,12)6-7-13(3)9-5-4-8(11)14-9/h4-5H,6-7,12H2,1-3H3. The van der Waals surface area contributed by atoms with E-state index in [0.29, 0.717) is 0 Å². The normalized spacial score (nSPS) is 11.8. The van der Waals surface area contributed by atoms with Crippen LogP contribution in [-0.2, 0) is 0 Å². The Labute approximate surface area is 94.7 Å². The van der Waals surface area contributed by atoms with Crippen LogP contribution in [0.25, 0.3) is 0 Å². The maximum atomic E-state index is 5.92. The minimum absolute atomic E-state index is 0.102. The van der Waals surface area contributed by atoms with E-state index in [1.54, 1.807) is 11.3 Å². The summed E-state index contributed by atoms with van der Waals surface area (Å²) in [4.78, 5) is 2.19. The van der Waals surface area contributed by atoms with Gasteiger partial charge in [-0.2, -0.15) is 0 Å². The molecule has 0 amide bonds. The molecular weight excluding hydrogens is 216 g/mol. The first-order valence-electron chi connectivity index (χ1n) is 4.64. The Morgan fingerprint density at radius 3 is 2.57 bits per heavy atom. The molecule has 0 fully saturated rings. The highest BCUT2D eigenvalue weighted by molar-refractivity contribution is 7.19. The Hall–Kier alpha value is -0.250. The van der Waals surface area contributed by atoms with Crippen LogP contribution in [0.5, 0.6) is 0 Å². The fourth-order valence-corrected chi connectivity index (χ4v) is 2.10. The second kappa shape index (κ2) is 4.51. The minimum atomic E-state index is -0.102. The molecule has 1 aromatic rings. The molecule has 1 rings (SSSR count). The Morgan fingerprint density at radius 1 is 1.50 bits per heavy atom. The number of hydrogen-bond acceptors (Lipinski definition) is 3. The Kier molecular flexibility index (Phi) is 3.81. The zero-order valence-corrected chi connectivity index (χ0v) is 10.5. The number of hydrogen-bond donors (Lipinski definition) is 1. The minimum Gasteiger partial charge on any atom is -0.366 e. The van der Waals surface area contributed by atoms with E-state index in [0.717, 1.165) is 17.3 Å². The molecule has 0 saturated heterocycles. The molecule has 0 aliphatic carbocycles. The van der Waals surface area contributed by atoms with E-state index in [4.69, 9.17) is 17.3 Å². The van der Waals surface area contributed by atoms with Crippen LogP contribution in [-0.4, -0.2) is 19.1 Å². The molecule has 0 unspecified atom stereocenters. The number of nitrogens with two attached hydrogens (primary N) is 1. The van der Waals surface area contributed by atoms with E-state index >= 15 is 0 Å². The van der Waals surface area contributed by atoms with Crippen LogP contribution in [0.4, 0.5) is 5.00 Å². The molecule has 0 saturated carbocycles. The molecule has 2 N–H and O–H groups in total. The number of rotatable bonds is 4. The Bertz CT molecular complexity index is 291. The monoisotopic (exact) mass is 232 g/mol. The first-order valence-corrected chi connectivity index (χ1v) is 5.83. The van der Waals surface area contributed by atoms with Gasteiger partial charge in [-0.25, -0.2) is 0 Å². The average molecular weight is 233 g/mol. The van der Waals surface area contributed by atoms with Crippen molar-refractivity contribution in [3.63, 3.8) is 0 Å². The first kappa shape index (κ1) is 11.8. The zero-order valence-electron chi connectivity index (χ0n) is 8.88. The van der Waals surface area contributed by atoms with Gasteiger partial charge in [0.2, 0.25) is 0 Å². The fraction of sp³-hybridized carbons (Fsp3) is 0.600. The average Bonchev–Trinajstić information content (AvgIpc) is 2.46. The molecule has 1 heterocycles. The van der Waals surface area contributed by atoms with Crippen molar-refractivity contribution < 1.29 is 0 Å². The van der Waals surface area contributed by atoms with Crippen molar-refractivity contribution in [2.45, 2.75) is 25.8 Å². The molecular formula is C10H17ClN2S. The topological polar surface area (TPSA) is 29.3 Å². The molecule has 0 radical (unpaired) electrons.